The summed E-state index contributed by atoms with van der Waals surface area (Å²) in [6.07, 6.45) is 3.23. The molecule has 1 unspecified atom stereocenters. The number of aliphatic hydroxyl groups excluding tert-OH is 1. The second-order valence-corrected chi connectivity index (χ2v) is 7.15. The standard InChI is InChI=1S/C23H32N2O5/c1-5-10-16(3)23(29)30-17(4)14-24-21(27)19(11-6-2)22(28)25-20(15-26)18-12-8-7-9-13-18/h5-9,12-13,16-17,19-20,26H,1-2,10-11,14-15H2,3-4H3,(H,24,27)(H,25,28)/t16-,17-,19?,20-/m0/s1. The van der Waals surface area contributed by atoms with Crippen LogP contribution in [-0.4, -0.2) is 42.1 Å². The molecule has 0 bridgehead atoms. The number of hydrogen-bond acceptors (Lipinski definition) is 5. The zero-order chi connectivity index (χ0) is 22.5. The van der Waals surface area contributed by atoms with Crippen molar-refractivity contribution < 1.29 is 24.2 Å². The highest BCUT2D eigenvalue weighted by molar-refractivity contribution is 6.00. The second-order valence-electron chi connectivity index (χ2n) is 7.15. The first-order valence-corrected chi connectivity index (χ1v) is 10.00. The highest BCUT2D eigenvalue weighted by Gasteiger charge is 2.28. The number of aliphatic hydroxyl groups is 1. The number of esters is 1. The Balaban J connectivity index is 2.66. The summed E-state index contributed by atoms with van der Waals surface area (Å²) >= 11 is 0. The molecule has 0 radical (unpaired) electrons. The fourth-order valence-corrected chi connectivity index (χ4v) is 2.76. The van der Waals surface area contributed by atoms with Gasteiger partial charge in [0.1, 0.15) is 12.0 Å². The first-order valence-electron chi connectivity index (χ1n) is 10.00. The molecule has 7 heteroatoms. The molecular weight excluding hydrogens is 384 g/mol. The number of ether oxygens (including phenoxy) is 1. The number of nitrogens with one attached hydrogen (secondary N) is 2. The summed E-state index contributed by atoms with van der Waals surface area (Å²) in [4.78, 5) is 37.2. The Kier molecular flexibility index (Phi) is 11.1. The molecule has 0 aromatic heterocycles. The molecule has 164 valence electrons. The van der Waals surface area contributed by atoms with Gasteiger partial charge < -0.3 is 20.5 Å². The highest BCUT2D eigenvalue weighted by Crippen LogP contribution is 2.14. The molecule has 0 aliphatic carbocycles. The van der Waals surface area contributed by atoms with E-state index in [0.29, 0.717) is 6.42 Å². The van der Waals surface area contributed by atoms with Crippen LogP contribution in [0.25, 0.3) is 0 Å². The van der Waals surface area contributed by atoms with Crippen LogP contribution in [0.3, 0.4) is 0 Å². The lowest BCUT2D eigenvalue weighted by atomic mass is 10.0. The van der Waals surface area contributed by atoms with Crippen molar-refractivity contribution in [2.75, 3.05) is 13.2 Å². The maximum atomic E-state index is 12.7. The van der Waals surface area contributed by atoms with Crippen LogP contribution in [-0.2, 0) is 19.1 Å². The summed E-state index contributed by atoms with van der Waals surface area (Å²) in [6, 6.07) is 8.39. The molecule has 4 atom stereocenters. The number of allylic oxidation sites excluding steroid dienone is 2. The molecule has 0 aliphatic heterocycles. The molecule has 3 N–H and O–H groups in total. The Bertz CT molecular complexity index is 720. The normalized spacial score (nSPS) is 14.5. The van der Waals surface area contributed by atoms with Gasteiger partial charge in [0.2, 0.25) is 11.8 Å². The Morgan fingerprint density at radius 1 is 1.07 bits per heavy atom. The molecule has 0 saturated carbocycles. The van der Waals surface area contributed by atoms with E-state index in [4.69, 9.17) is 4.74 Å². The molecule has 1 rings (SSSR count). The largest absolute Gasteiger partial charge is 0.461 e. The van der Waals surface area contributed by atoms with Gasteiger partial charge in [0, 0.05) is 0 Å². The van der Waals surface area contributed by atoms with Gasteiger partial charge in [-0.2, -0.15) is 0 Å². The minimum absolute atomic E-state index is 0.0778. The third-order valence-corrected chi connectivity index (χ3v) is 4.54. The Labute approximate surface area is 178 Å². The molecule has 0 fully saturated rings. The summed E-state index contributed by atoms with van der Waals surface area (Å²) in [7, 11) is 0. The van der Waals surface area contributed by atoms with Crippen molar-refractivity contribution in [1.29, 1.82) is 0 Å². The van der Waals surface area contributed by atoms with Crippen molar-refractivity contribution in [3.63, 3.8) is 0 Å². The van der Waals surface area contributed by atoms with E-state index in [1.807, 2.05) is 6.07 Å². The molecule has 1 aromatic rings. The third-order valence-electron chi connectivity index (χ3n) is 4.54. The summed E-state index contributed by atoms with van der Waals surface area (Å²) in [5.74, 6) is -2.71. The number of amides is 2. The molecule has 7 nitrogen and oxygen atoms in total. The van der Waals surface area contributed by atoms with Crippen molar-refractivity contribution in [2.45, 2.75) is 38.8 Å². The fraction of sp³-hybridized carbons (Fsp3) is 0.435. The monoisotopic (exact) mass is 416 g/mol. The van der Waals surface area contributed by atoms with Gasteiger partial charge in [-0.15, -0.1) is 13.2 Å². The van der Waals surface area contributed by atoms with Crippen LogP contribution in [0.15, 0.2) is 55.6 Å². The van der Waals surface area contributed by atoms with Gasteiger partial charge in [0.15, 0.2) is 0 Å². The van der Waals surface area contributed by atoms with Crippen molar-refractivity contribution in [2.24, 2.45) is 11.8 Å². The average Bonchev–Trinajstić information content (AvgIpc) is 2.74. The van der Waals surface area contributed by atoms with Crippen LogP contribution >= 0.6 is 0 Å². The van der Waals surface area contributed by atoms with Gasteiger partial charge in [0.05, 0.1) is 25.1 Å². The lowest BCUT2D eigenvalue weighted by Crippen LogP contribution is -2.45. The van der Waals surface area contributed by atoms with Crippen LogP contribution in [0.1, 0.15) is 38.3 Å². The van der Waals surface area contributed by atoms with Crippen LogP contribution in [0.5, 0.6) is 0 Å². The molecule has 30 heavy (non-hydrogen) atoms. The number of hydrogen-bond donors (Lipinski definition) is 3. The van der Waals surface area contributed by atoms with Crippen LogP contribution < -0.4 is 10.6 Å². The van der Waals surface area contributed by atoms with Crippen molar-refractivity contribution in [3.05, 3.63) is 61.2 Å². The van der Waals surface area contributed by atoms with Crippen molar-refractivity contribution >= 4 is 17.8 Å². The second kappa shape index (κ2) is 13.3. The topological polar surface area (TPSA) is 105 Å². The van der Waals surface area contributed by atoms with Gasteiger partial charge in [-0.25, -0.2) is 0 Å². The smallest absolute Gasteiger partial charge is 0.309 e. The zero-order valence-electron chi connectivity index (χ0n) is 17.7. The Morgan fingerprint density at radius 3 is 2.27 bits per heavy atom. The average molecular weight is 417 g/mol. The maximum absolute atomic E-state index is 12.7. The Morgan fingerprint density at radius 2 is 1.70 bits per heavy atom. The lowest BCUT2D eigenvalue weighted by Gasteiger charge is -2.22. The first kappa shape index (κ1) is 25.1. The van der Waals surface area contributed by atoms with E-state index < -0.39 is 29.9 Å². The van der Waals surface area contributed by atoms with E-state index in [-0.39, 0.29) is 31.5 Å². The number of carbonyl (C=O) groups excluding carboxylic acids is 3. The lowest BCUT2D eigenvalue weighted by molar-refractivity contribution is -0.153. The third kappa shape index (κ3) is 8.21. The maximum Gasteiger partial charge on any atom is 0.309 e. The Hall–Kier alpha value is -2.93. The SMILES string of the molecule is C=CCC(C(=O)NC[C@H](C)OC(=O)[C@@H](C)CC=C)C(=O)N[C@@H](CO)c1ccccc1. The van der Waals surface area contributed by atoms with E-state index in [1.165, 1.54) is 6.08 Å². The van der Waals surface area contributed by atoms with Crippen molar-refractivity contribution in [1.82, 2.24) is 10.6 Å². The van der Waals surface area contributed by atoms with Crippen LogP contribution in [0.4, 0.5) is 0 Å². The molecule has 0 saturated heterocycles. The van der Waals surface area contributed by atoms with Gasteiger partial charge in [-0.1, -0.05) is 49.4 Å². The van der Waals surface area contributed by atoms with E-state index in [9.17, 15) is 19.5 Å². The predicted octanol–water partition coefficient (Wildman–Crippen LogP) is 2.29. The molecule has 0 spiro atoms. The summed E-state index contributed by atoms with van der Waals surface area (Å²) in [5, 5.41) is 15.0. The summed E-state index contributed by atoms with van der Waals surface area (Å²) in [5.41, 5.74) is 0.736. The van der Waals surface area contributed by atoms with Crippen molar-refractivity contribution in [3.8, 4) is 0 Å². The molecule has 0 heterocycles. The molecular formula is C23H32N2O5. The van der Waals surface area contributed by atoms with Gasteiger partial charge >= 0.3 is 5.97 Å². The van der Waals surface area contributed by atoms with E-state index in [1.54, 1.807) is 44.2 Å². The van der Waals surface area contributed by atoms with E-state index in [2.05, 4.69) is 23.8 Å². The van der Waals surface area contributed by atoms with Crippen LogP contribution in [0.2, 0.25) is 0 Å². The van der Waals surface area contributed by atoms with Gasteiger partial charge in [0.25, 0.3) is 0 Å². The number of rotatable bonds is 13. The minimum atomic E-state index is -1.01. The number of carbonyl (C=O) groups is 3. The minimum Gasteiger partial charge on any atom is -0.461 e. The van der Waals surface area contributed by atoms with Crippen LogP contribution in [0, 0.1) is 11.8 Å². The first-order chi connectivity index (χ1) is 14.3. The molecule has 2 amide bonds. The quantitative estimate of drug-likeness (QED) is 0.260. The molecule has 0 aliphatic rings. The molecule has 1 aromatic carbocycles. The summed E-state index contributed by atoms with van der Waals surface area (Å²) < 4.78 is 5.30. The zero-order valence-corrected chi connectivity index (χ0v) is 17.7. The fourth-order valence-electron chi connectivity index (χ4n) is 2.76. The highest BCUT2D eigenvalue weighted by atomic mass is 16.5. The van der Waals surface area contributed by atoms with Gasteiger partial charge in [-0.05, 0) is 25.3 Å². The van der Waals surface area contributed by atoms with E-state index >= 15 is 0 Å². The van der Waals surface area contributed by atoms with Gasteiger partial charge in [-0.3, -0.25) is 14.4 Å². The summed E-state index contributed by atoms with van der Waals surface area (Å²) in [6.45, 7) is 10.4. The predicted molar refractivity (Wildman–Crippen MR) is 115 cm³/mol. The van der Waals surface area contributed by atoms with E-state index in [0.717, 1.165) is 5.56 Å². The number of benzene rings is 1.